The van der Waals surface area contributed by atoms with Crippen LogP contribution in [0.5, 0.6) is 0 Å². The summed E-state index contributed by atoms with van der Waals surface area (Å²) in [5.41, 5.74) is 2.29. The fourth-order valence-corrected chi connectivity index (χ4v) is 4.18. The number of aromatic nitrogens is 4. The zero-order valence-electron chi connectivity index (χ0n) is 15.4. The molecule has 28 heavy (non-hydrogen) atoms. The van der Waals surface area contributed by atoms with E-state index < -0.39 is 0 Å². The highest BCUT2D eigenvalue weighted by Gasteiger charge is 2.17. The summed E-state index contributed by atoms with van der Waals surface area (Å²) >= 11 is 7.44. The van der Waals surface area contributed by atoms with Crippen LogP contribution in [-0.4, -0.2) is 31.6 Å². The van der Waals surface area contributed by atoms with Crippen molar-refractivity contribution in [2.45, 2.75) is 26.8 Å². The Bertz CT molecular complexity index is 1240. The van der Waals surface area contributed by atoms with Crippen LogP contribution in [0.3, 0.4) is 0 Å². The van der Waals surface area contributed by atoms with Crippen molar-refractivity contribution < 1.29 is 4.79 Å². The first-order valence-corrected chi connectivity index (χ1v) is 9.98. The molecule has 1 aromatic carbocycles. The molecule has 0 radical (unpaired) electrons. The maximum atomic E-state index is 12.6. The monoisotopic (exact) mass is 415 g/mol. The van der Waals surface area contributed by atoms with Crippen LogP contribution in [0.2, 0.25) is 5.02 Å². The number of amides is 1. The molecule has 1 N–H and O–H groups in total. The number of aryl methyl sites for hydroxylation is 2. The molecule has 0 saturated heterocycles. The van der Waals surface area contributed by atoms with Crippen molar-refractivity contribution >= 4 is 44.7 Å². The third-order valence-electron chi connectivity index (χ3n) is 4.69. The minimum absolute atomic E-state index is 0.134. The van der Waals surface area contributed by atoms with Crippen molar-refractivity contribution in [1.82, 2.24) is 24.5 Å². The van der Waals surface area contributed by atoms with Gasteiger partial charge in [-0.25, -0.2) is 18.9 Å². The van der Waals surface area contributed by atoms with Gasteiger partial charge >= 0.3 is 5.69 Å². The Morgan fingerprint density at radius 1 is 1.25 bits per heavy atom. The lowest BCUT2D eigenvalue weighted by Crippen LogP contribution is -2.33. The molecule has 1 amide bonds. The van der Waals surface area contributed by atoms with Crippen LogP contribution in [0.4, 0.5) is 0 Å². The van der Waals surface area contributed by atoms with Crippen molar-refractivity contribution in [3.8, 4) is 0 Å². The highest BCUT2D eigenvalue weighted by molar-refractivity contribution is 7.18. The van der Waals surface area contributed by atoms with Gasteiger partial charge in [0.2, 0.25) is 5.91 Å². The number of halogens is 1. The van der Waals surface area contributed by atoms with E-state index in [0.717, 1.165) is 26.2 Å². The first-order valence-electron chi connectivity index (χ1n) is 8.79. The molecule has 0 atom stereocenters. The number of carbonyl (C=O) groups excluding carboxylic acids is 1. The molecule has 0 spiro atoms. The molecule has 0 aliphatic rings. The SMILES string of the molecule is Cc1sc2ncn3c(=O)n(CC(=O)NCCc4ccc(Cl)cc4)nc3c2c1C. The number of thiophene rings is 1. The van der Waals surface area contributed by atoms with E-state index in [2.05, 4.69) is 15.4 Å². The average molecular weight is 416 g/mol. The lowest BCUT2D eigenvalue weighted by Gasteiger charge is -2.05. The average Bonchev–Trinajstić information content (AvgIpc) is 3.13. The minimum atomic E-state index is -0.375. The van der Waals surface area contributed by atoms with E-state index in [9.17, 15) is 9.59 Å². The molecule has 9 heteroatoms. The summed E-state index contributed by atoms with van der Waals surface area (Å²) < 4.78 is 2.57. The van der Waals surface area contributed by atoms with E-state index in [1.54, 1.807) is 11.3 Å². The molecular formula is C19H18ClN5O2S. The van der Waals surface area contributed by atoms with Gasteiger partial charge in [0.05, 0.1) is 5.39 Å². The van der Waals surface area contributed by atoms with Crippen LogP contribution < -0.4 is 11.0 Å². The van der Waals surface area contributed by atoms with Gasteiger partial charge < -0.3 is 5.32 Å². The third-order valence-corrected chi connectivity index (χ3v) is 6.06. The molecule has 3 aromatic heterocycles. The molecule has 0 aliphatic heterocycles. The quantitative estimate of drug-likeness (QED) is 0.543. The summed E-state index contributed by atoms with van der Waals surface area (Å²) in [6, 6.07) is 7.48. The van der Waals surface area contributed by atoms with Gasteiger partial charge in [0.1, 0.15) is 17.7 Å². The Kier molecular flexibility index (Phi) is 4.91. The van der Waals surface area contributed by atoms with Gasteiger partial charge in [0.15, 0.2) is 5.65 Å². The van der Waals surface area contributed by atoms with Crippen molar-refractivity contribution in [3.05, 3.63) is 62.1 Å². The summed E-state index contributed by atoms with van der Waals surface area (Å²) in [7, 11) is 0. The van der Waals surface area contributed by atoms with Gasteiger partial charge in [-0.2, -0.15) is 0 Å². The fraction of sp³-hybridized carbons (Fsp3) is 0.263. The zero-order valence-corrected chi connectivity index (χ0v) is 17.0. The Labute approximate surface area is 169 Å². The first kappa shape index (κ1) is 18.6. The van der Waals surface area contributed by atoms with Crippen LogP contribution in [0.25, 0.3) is 15.9 Å². The summed E-state index contributed by atoms with van der Waals surface area (Å²) in [5.74, 6) is -0.262. The summed E-state index contributed by atoms with van der Waals surface area (Å²) in [5, 5.41) is 8.76. The second-order valence-corrected chi connectivity index (χ2v) is 8.21. The lowest BCUT2D eigenvalue weighted by atomic mass is 10.1. The maximum absolute atomic E-state index is 12.6. The highest BCUT2D eigenvalue weighted by Crippen LogP contribution is 2.30. The normalized spacial score (nSPS) is 11.4. The molecule has 4 aromatic rings. The number of nitrogens with zero attached hydrogens (tertiary/aromatic N) is 4. The van der Waals surface area contributed by atoms with Crippen molar-refractivity contribution in [3.63, 3.8) is 0 Å². The first-order chi connectivity index (χ1) is 13.4. The van der Waals surface area contributed by atoms with Crippen LogP contribution in [0.1, 0.15) is 16.0 Å². The van der Waals surface area contributed by atoms with E-state index in [-0.39, 0.29) is 18.1 Å². The number of nitrogens with one attached hydrogen (secondary N) is 1. The van der Waals surface area contributed by atoms with Crippen molar-refractivity contribution in [2.75, 3.05) is 6.54 Å². The molecule has 144 valence electrons. The van der Waals surface area contributed by atoms with E-state index in [4.69, 9.17) is 11.6 Å². The van der Waals surface area contributed by atoms with Crippen molar-refractivity contribution in [1.29, 1.82) is 0 Å². The molecule has 4 rings (SSSR count). The summed E-state index contributed by atoms with van der Waals surface area (Å²) in [4.78, 5) is 31.2. The topological polar surface area (TPSA) is 81.3 Å². The molecule has 0 aliphatic carbocycles. The Balaban J connectivity index is 1.50. The van der Waals surface area contributed by atoms with Crippen LogP contribution >= 0.6 is 22.9 Å². The molecule has 3 heterocycles. The molecular weight excluding hydrogens is 398 g/mol. The van der Waals surface area contributed by atoms with Gasteiger partial charge in [-0.3, -0.25) is 4.79 Å². The predicted octanol–water partition coefficient (Wildman–Crippen LogP) is 2.73. The number of rotatable bonds is 5. The lowest BCUT2D eigenvalue weighted by molar-refractivity contribution is -0.121. The smallest absolute Gasteiger partial charge is 0.352 e. The van der Waals surface area contributed by atoms with Gasteiger partial charge in [-0.15, -0.1) is 16.4 Å². The Morgan fingerprint density at radius 2 is 2.00 bits per heavy atom. The number of hydrogen-bond acceptors (Lipinski definition) is 5. The number of carbonyl (C=O) groups is 1. The van der Waals surface area contributed by atoms with Gasteiger partial charge in [0.25, 0.3) is 0 Å². The Morgan fingerprint density at radius 3 is 2.75 bits per heavy atom. The van der Waals surface area contributed by atoms with Gasteiger partial charge in [0, 0.05) is 16.4 Å². The van der Waals surface area contributed by atoms with E-state index in [0.29, 0.717) is 23.6 Å². The largest absolute Gasteiger partial charge is 0.354 e. The molecule has 7 nitrogen and oxygen atoms in total. The number of hydrogen-bond donors (Lipinski definition) is 1. The fourth-order valence-electron chi connectivity index (χ4n) is 3.06. The third kappa shape index (κ3) is 3.41. The van der Waals surface area contributed by atoms with Crippen molar-refractivity contribution in [2.24, 2.45) is 0 Å². The van der Waals surface area contributed by atoms with E-state index in [1.165, 1.54) is 15.4 Å². The predicted molar refractivity (Wildman–Crippen MR) is 110 cm³/mol. The molecule has 0 fully saturated rings. The number of fused-ring (bicyclic) bond motifs is 3. The minimum Gasteiger partial charge on any atom is -0.354 e. The van der Waals surface area contributed by atoms with Crippen LogP contribution in [0, 0.1) is 13.8 Å². The molecule has 0 bridgehead atoms. The van der Waals surface area contributed by atoms with Crippen LogP contribution in [0.15, 0.2) is 35.4 Å². The zero-order chi connectivity index (χ0) is 19.8. The standard InChI is InChI=1S/C19H18ClN5O2S/c1-11-12(2)28-18-16(11)17-23-25(19(27)24(17)10-22-18)9-15(26)21-8-7-13-3-5-14(20)6-4-13/h3-6,10H,7-9H2,1-2H3,(H,21,26). The number of benzene rings is 1. The molecule has 0 unspecified atom stereocenters. The van der Waals surface area contributed by atoms with Gasteiger partial charge in [-0.1, -0.05) is 23.7 Å². The second kappa shape index (κ2) is 7.37. The van der Waals surface area contributed by atoms with E-state index >= 15 is 0 Å². The van der Waals surface area contributed by atoms with E-state index in [1.807, 2.05) is 38.1 Å². The van der Waals surface area contributed by atoms with Crippen LogP contribution in [-0.2, 0) is 17.8 Å². The highest BCUT2D eigenvalue weighted by atomic mass is 35.5. The summed E-state index contributed by atoms with van der Waals surface area (Å²) in [6.45, 7) is 4.34. The molecule has 0 saturated carbocycles. The Hall–Kier alpha value is -2.71. The van der Waals surface area contributed by atoms with Gasteiger partial charge in [-0.05, 0) is 43.5 Å². The summed E-state index contributed by atoms with van der Waals surface area (Å²) in [6.07, 6.45) is 2.15. The maximum Gasteiger partial charge on any atom is 0.352 e. The second-order valence-electron chi connectivity index (χ2n) is 6.57.